The molecule has 5 nitrogen and oxygen atoms in total. The first-order valence-electron chi connectivity index (χ1n) is 8.09. The summed E-state index contributed by atoms with van der Waals surface area (Å²) in [5.41, 5.74) is 11.1. The summed E-state index contributed by atoms with van der Waals surface area (Å²) in [6, 6.07) is 4.21. The van der Waals surface area contributed by atoms with Crippen LogP contribution in [-0.4, -0.2) is 23.1 Å². The second kappa shape index (κ2) is 7.34. The summed E-state index contributed by atoms with van der Waals surface area (Å²) in [4.78, 5) is 15.2. The van der Waals surface area contributed by atoms with Crippen molar-refractivity contribution in [1.29, 1.82) is 0 Å². The van der Waals surface area contributed by atoms with Crippen molar-refractivity contribution < 1.29 is 4.79 Å². The third-order valence-electron chi connectivity index (χ3n) is 4.09. The number of hydrogen-bond acceptors (Lipinski definition) is 3. The Labute approximate surface area is 143 Å². The molecule has 0 bridgehead atoms. The number of anilines is 1. The number of carbonyl (C=O) groups excluding carboxylic acids is 1. The fourth-order valence-electron chi connectivity index (χ4n) is 3.08. The Morgan fingerprint density at radius 2 is 1.71 bits per heavy atom. The summed E-state index contributed by atoms with van der Waals surface area (Å²) in [6.45, 7) is 12.2. The highest BCUT2D eigenvalue weighted by Crippen LogP contribution is 2.21. The average Bonchev–Trinajstić information content (AvgIpc) is 2.82. The number of nitrogens with zero attached hydrogens (tertiary/aromatic N) is 1. The Balaban J connectivity index is 1.98. The molecule has 0 aliphatic rings. The van der Waals surface area contributed by atoms with E-state index >= 15 is 0 Å². The molecule has 128 valence electrons. The average molecular weight is 326 g/mol. The minimum Gasteiger partial charge on any atom is -0.376 e. The van der Waals surface area contributed by atoms with E-state index in [2.05, 4.69) is 39.9 Å². The Morgan fingerprint density at radius 1 is 1.08 bits per heavy atom. The van der Waals surface area contributed by atoms with Gasteiger partial charge >= 0.3 is 0 Å². The summed E-state index contributed by atoms with van der Waals surface area (Å²) in [6.07, 6.45) is 1.94. The number of hydrogen-bond donors (Lipinski definition) is 3. The zero-order valence-electron chi connectivity index (χ0n) is 15.3. The van der Waals surface area contributed by atoms with Crippen LogP contribution in [0.3, 0.4) is 0 Å². The van der Waals surface area contributed by atoms with E-state index in [1.54, 1.807) is 0 Å². The van der Waals surface area contributed by atoms with E-state index in [-0.39, 0.29) is 12.5 Å². The highest BCUT2D eigenvalue weighted by molar-refractivity contribution is 6.01. The van der Waals surface area contributed by atoms with E-state index in [1.165, 1.54) is 5.56 Å². The molecule has 0 aliphatic carbocycles. The molecule has 0 unspecified atom stereocenters. The van der Waals surface area contributed by atoms with Gasteiger partial charge in [0.1, 0.15) is 0 Å². The standard InChI is InChI=1S/C19H26N4O/c1-11-7-12(2)19(13(3)8-11)21-10-17(24)23-22-16(6)18-14(4)9-20-15(18)5/h7-9,20-21H,10H2,1-6H3,(H,23,24)/b22-16+. The largest absolute Gasteiger partial charge is 0.376 e. The zero-order valence-corrected chi connectivity index (χ0v) is 15.3. The van der Waals surface area contributed by atoms with Gasteiger partial charge in [-0.05, 0) is 58.2 Å². The lowest BCUT2D eigenvalue weighted by Gasteiger charge is -2.13. The molecule has 1 heterocycles. The third-order valence-corrected chi connectivity index (χ3v) is 4.09. The number of H-pyrrole nitrogens is 1. The molecule has 0 fully saturated rings. The molecule has 0 saturated carbocycles. The van der Waals surface area contributed by atoms with Gasteiger partial charge in [-0.2, -0.15) is 5.10 Å². The number of hydrazone groups is 1. The van der Waals surface area contributed by atoms with Crippen LogP contribution in [0.25, 0.3) is 0 Å². The first kappa shape index (κ1) is 17.8. The molecule has 0 spiro atoms. The van der Waals surface area contributed by atoms with Crippen molar-refractivity contribution >= 4 is 17.3 Å². The number of benzene rings is 1. The molecular weight excluding hydrogens is 300 g/mol. The maximum Gasteiger partial charge on any atom is 0.259 e. The van der Waals surface area contributed by atoms with Gasteiger partial charge in [-0.25, -0.2) is 5.43 Å². The molecule has 1 amide bonds. The van der Waals surface area contributed by atoms with Gasteiger partial charge in [0.2, 0.25) is 0 Å². The summed E-state index contributed by atoms with van der Waals surface area (Å²) >= 11 is 0. The van der Waals surface area contributed by atoms with Crippen molar-refractivity contribution in [3.05, 3.63) is 51.8 Å². The molecule has 24 heavy (non-hydrogen) atoms. The first-order valence-corrected chi connectivity index (χ1v) is 8.09. The maximum atomic E-state index is 12.1. The van der Waals surface area contributed by atoms with E-state index < -0.39 is 0 Å². The molecule has 0 aliphatic heterocycles. The molecule has 1 aromatic heterocycles. The predicted octanol–water partition coefficient (Wildman–Crippen LogP) is 3.51. The minimum absolute atomic E-state index is 0.167. The summed E-state index contributed by atoms with van der Waals surface area (Å²) in [5.74, 6) is -0.167. The van der Waals surface area contributed by atoms with Crippen LogP contribution in [0, 0.1) is 34.6 Å². The van der Waals surface area contributed by atoms with Crippen LogP contribution in [0.1, 0.15) is 40.4 Å². The van der Waals surface area contributed by atoms with Crippen molar-refractivity contribution in [2.24, 2.45) is 5.10 Å². The van der Waals surface area contributed by atoms with Gasteiger partial charge in [0, 0.05) is 23.1 Å². The van der Waals surface area contributed by atoms with Gasteiger partial charge in [-0.15, -0.1) is 0 Å². The molecule has 0 saturated heterocycles. The molecule has 0 atom stereocenters. The lowest BCUT2D eigenvalue weighted by molar-refractivity contribution is -0.119. The van der Waals surface area contributed by atoms with Crippen LogP contribution in [-0.2, 0) is 4.79 Å². The fourth-order valence-corrected chi connectivity index (χ4v) is 3.08. The van der Waals surface area contributed by atoms with Gasteiger partial charge in [-0.3, -0.25) is 4.79 Å². The Morgan fingerprint density at radius 3 is 2.25 bits per heavy atom. The lowest BCUT2D eigenvalue weighted by atomic mass is 10.1. The van der Waals surface area contributed by atoms with Gasteiger partial charge in [0.05, 0.1) is 12.3 Å². The highest BCUT2D eigenvalue weighted by atomic mass is 16.2. The van der Waals surface area contributed by atoms with Gasteiger partial charge in [0.25, 0.3) is 5.91 Å². The number of aromatic amines is 1. The van der Waals surface area contributed by atoms with Crippen molar-refractivity contribution in [3.63, 3.8) is 0 Å². The normalized spacial score (nSPS) is 11.5. The lowest BCUT2D eigenvalue weighted by Crippen LogP contribution is -2.27. The second-order valence-electron chi connectivity index (χ2n) is 6.33. The maximum absolute atomic E-state index is 12.1. The summed E-state index contributed by atoms with van der Waals surface area (Å²) in [5, 5.41) is 7.42. The van der Waals surface area contributed by atoms with Crippen LogP contribution in [0.15, 0.2) is 23.4 Å². The van der Waals surface area contributed by atoms with Crippen LogP contribution in [0.5, 0.6) is 0 Å². The van der Waals surface area contributed by atoms with E-state index in [1.807, 2.05) is 40.8 Å². The molecule has 1 aromatic carbocycles. The molecule has 2 rings (SSSR count). The zero-order chi connectivity index (χ0) is 17.9. The van der Waals surface area contributed by atoms with Gasteiger partial charge < -0.3 is 10.3 Å². The van der Waals surface area contributed by atoms with Crippen molar-refractivity contribution in [1.82, 2.24) is 10.4 Å². The van der Waals surface area contributed by atoms with E-state index in [0.29, 0.717) is 0 Å². The fraction of sp³-hybridized carbons (Fsp3) is 0.368. The van der Waals surface area contributed by atoms with E-state index in [9.17, 15) is 4.79 Å². The van der Waals surface area contributed by atoms with Gasteiger partial charge in [0.15, 0.2) is 0 Å². The van der Waals surface area contributed by atoms with Crippen LogP contribution >= 0.6 is 0 Å². The third kappa shape index (κ3) is 4.04. The number of aromatic nitrogens is 1. The van der Waals surface area contributed by atoms with Crippen LogP contribution in [0.2, 0.25) is 0 Å². The van der Waals surface area contributed by atoms with Crippen LogP contribution < -0.4 is 10.7 Å². The van der Waals surface area contributed by atoms with E-state index in [4.69, 9.17) is 0 Å². The second-order valence-corrected chi connectivity index (χ2v) is 6.33. The summed E-state index contributed by atoms with van der Waals surface area (Å²) in [7, 11) is 0. The number of nitrogens with one attached hydrogen (secondary N) is 3. The topological polar surface area (TPSA) is 69.3 Å². The minimum atomic E-state index is -0.167. The molecule has 5 heteroatoms. The Kier molecular flexibility index (Phi) is 5.44. The number of carbonyl (C=O) groups is 1. The quantitative estimate of drug-likeness (QED) is 0.581. The molecule has 0 radical (unpaired) electrons. The summed E-state index contributed by atoms with van der Waals surface area (Å²) < 4.78 is 0. The number of rotatable bonds is 5. The SMILES string of the molecule is C/C(=N\NC(=O)CNc1c(C)cc(C)cc1C)c1c(C)c[nH]c1C. The number of aryl methyl sites for hydroxylation is 5. The highest BCUT2D eigenvalue weighted by Gasteiger charge is 2.09. The first-order chi connectivity index (χ1) is 11.3. The monoisotopic (exact) mass is 326 g/mol. The smallest absolute Gasteiger partial charge is 0.259 e. The Bertz CT molecular complexity index is 744. The molecule has 3 N–H and O–H groups in total. The van der Waals surface area contributed by atoms with Crippen LogP contribution in [0.4, 0.5) is 5.69 Å². The van der Waals surface area contributed by atoms with Gasteiger partial charge in [-0.1, -0.05) is 17.7 Å². The molecular formula is C19H26N4O. The number of amides is 1. The predicted molar refractivity (Wildman–Crippen MR) is 99.8 cm³/mol. The van der Waals surface area contributed by atoms with E-state index in [0.717, 1.165) is 39.3 Å². The van der Waals surface area contributed by atoms with Crippen molar-refractivity contribution in [2.45, 2.75) is 41.5 Å². The van der Waals surface area contributed by atoms with Crippen molar-refractivity contribution in [3.8, 4) is 0 Å². The molecule has 2 aromatic rings. The Hall–Kier alpha value is -2.56. The van der Waals surface area contributed by atoms with Crippen molar-refractivity contribution in [2.75, 3.05) is 11.9 Å².